The van der Waals surface area contributed by atoms with Gasteiger partial charge in [-0.15, -0.1) is 5.06 Å². The van der Waals surface area contributed by atoms with Crippen molar-refractivity contribution in [3.63, 3.8) is 0 Å². The van der Waals surface area contributed by atoms with Crippen LogP contribution in [0.25, 0.3) is 0 Å². The van der Waals surface area contributed by atoms with Gasteiger partial charge < -0.3 is 9.68 Å². The SMILES string of the molecule is CCc1ccc(NC(=O)ON2CCC3(CC2)CC(c2ccc(C(C)(C)C)cc2)=NO3)cc1. The summed E-state index contributed by atoms with van der Waals surface area (Å²) in [5, 5.41) is 8.91. The third-order valence-corrected chi connectivity index (χ3v) is 6.38. The molecule has 0 aliphatic carbocycles. The zero-order valence-electron chi connectivity index (χ0n) is 19.5. The number of nitrogens with zero attached hydrogens (tertiary/aromatic N) is 2. The first-order valence-electron chi connectivity index (χ1n) is 11.5. The molecule has 0 radical (unpaired) electrons. The topological polar surface area (TPSA) is 63.2 Å². The van der Waals surface area contributed by atoms with Crippen LogP contribution in [0.15, 0.2) is 53.7 Å². The Hall–Kier alpha value is -2.86. The standard InChI is InChI=1S/C26H33N3O3/c1-5-19-6-12-22(13-7-19)27-24(30)31-29-16-14-26(15-17-29)18-23(28-32-26)20-8-10-21(11-9-20)25(2,3)4/h6-13H,5,14-18H2,1-4H3,(H,27,30). The van der Waals surface area contributed by atoms with E-state index >= 15 is 0 Å². The Kier molecular flexibility index (Phi) is 6.24. The summed E-state index contributed by atoms with van der Waals surface area (Å²) in [7, 11) is 0. The Balaban J connectivity index is 1.27. The van der Waals surface area contributed by atoms with Gasteiger partial charge in [-0.2, -0.15) is 0 Å². The molecule has 0 saturated carbocycles. The van der Waals surface area contributed by atoms with Crippen LogP contribution >= 0.6 is 0 Å². The van der Waals surface area contributed by atoms with Crippen molar-refractivity contribution in [2.45, 2.75) is 64.4 Å². The number of amides is 1. The number of rotatable bonds is 4. The van der Waals surface area contributed by atoms with Gasteiger partial charge >= 0.3 is 6.09 Å². The van der Waals surface area contributed by atoms with Crippen LogP contribution in [-0.2, 0) is 21.5 Å². The maximum Gasteiger partial charge on any atom is 0.430 e. The molecule has 4 rings (SSSR count). The molecular weight excluding hydrogens is 402 g/mol. The molecule has 2 aliphatic heterocycles. The number of anilines is 1. The van der Waals surface area contributed by atoms with Crippen LogP contribution in [0.2, 0.25) is 0 Å². The number of hydrogen-bond acceptors (Lipinski definition) is 5. The quantitative estimate of drug-likeness (QED) is 0.672. The summed E-state index contributed by atoms with van der Waals surface area (Å²) in [5.74, 6) is 0. The van der Waals surface area contributed by atoms with E-state index in [0.717, 1.165) is 42.6 Å². The van der Waals surface area contributed by atoms with Gasteiger partial charge in [-0.25, -0.2) is 4.79 Å². The van der Waals surface area contributed by atoms with Crippen molar-refractivity contribution in [3.8, 4) is 0 Å². The molecule has 2 heterocycles. The first-order valence-corrected chi connectivity index (χ1v) is 11.5. The fourth-order valence-electron chi connectivity index (χ4n) is 4.17. The number of aryl methyl sites for hydroxylation is 1. The van der Waals surface area contributed by atoms with E-state index in [-0.39, 0.29) is 11.0 Å². The lowest BCUT2D eigenvalue weighted by Crippen LogP contribution is -2.45. The van der Waals surface area contributed by atoms with Crippen molar-refractivity contribution in [2.75, 3.05) is 18.4 Å². The molecule has 2 aromatic rings. The van der Waals surface area contributed by atoms with E-state index in [4.69, 9.17) is 9.68 Å². The van der Waals surface area contributed by atoms with Crippen LogP contribution in [0, 0.1) is 0 Å². The Morgan fingerprint density at radius 3 is 2.34 bits per heavy atom. The van der Waals surface area contributed by atoms with E-state index in [0.29, 0.717) is 13.1 Å². The highest BCUT2D eigenvalue weighted by Gasteiger charge is 2.43. The molecule has 2 aliphatic rings. The lowest BCUT2D eigenvalue weighted by molar-refractivity contribution is -0.154. The predicted octanol–water partition coefficient (Wildman–Crippen LogP) is 5.67. The Morgan fingerprint density at radius 1 is 1.09 bits per heavy atom. The van der Waals surface area contributed by atoms with Crippen molar-refractivity contribution in [1.82, 2.24) is 5.06 Å². The van der Waals surface area contributed by atoms with Gasteiger partial charge in [0.2, 0.25) is 0 Å². The molecule has 0 aromatic heterocycles. The predicted molar refractivity (Wildman–Crippen MR) is 127 cm³/mol. The second-order valence-electron chi connectivity index (χ2n) is 9.80. The number of oxime groups is 1. The third kappa shape index (κ3) is 5.13. The van der Waals surface area contributed by atoms with E-state index in [1.165, 1.54) is 11.1 Å². The highest BCUT2D eigenvalue weighted by Crippen LogP contribution is 2.36. The van der Waals surface area contributed by atoms with Crippen molar-refractivity contribution in [1.29, 1.82) is 0 Å². The average Bonchev–Trinajstić information content (AvgIpc) is 3.19. The summed E-state index contributed by atoms with van der Waals surface area (Å²) in [6.45, 7) is 9.98. The largest absolute Gasteiger partial charge is 0.430 e. The molecule has 170 valence electrons. The average molecular weight is 436 g/mol. The monoisotopic (exact) mass is 435 g/mol. The molecule has 1 N–H and O–H groups in total. The fourth-order valence-corrected chi connectivity index (χ4v) is 4.17. The second-order valence-corrected chi connectivity index (χ2v) is 9.80. The number of carbonyl (C=O) groups is 1. The highest BCUT2D eigenvalue weighted by molar-refractivity contribution is 6.01. The number of benzene rings is 2. The molecule has 0 bridgehead atoms. The third-order valence-electron chi connectivity index (χ3n) is 6.38. The molecule has 0 unspecified atom stereocenters. The molecule has 1 saturated heterocycles. The second kappa shape index (κ2) is 8.94. The lowest BCUT2D eigenvalue weighted by Gasteiger charge is -2.35. The van der Waals surface area contributed by atoms with E-state index in [2.05, 4.69) is 62.4 Å². The maximum absolute atomic E-state index is 12.3. The van der Waals surface area contributed by atoms with Gasteiger partial charge in [0.25, 0.3) is 0 Å². The smallest absolute Gasteiger partial charge is 0.388 e. The zero-order chi connectivity index (χ0) is 22.8. The van der Waals surface area contributed by atoms with E-state index in [9.17, 15) is 4.79 Å². The molecular formula is C26H33N3O3. The van der Waals surface area contributed by atoms with Crippen molar-refractivity contribution in [3.05, 3.63) is 65.2 Å². The van der Waals surface area contributed by atoms with Crippen molar-refractivity contribution < 1.29 is 14.5 Å². The van der Waals surface area contributed by atoms with E-state index < -0.39 is 6.09 Å². The molecule has 2 aromatic carbocycles. The summed E-state index contributed by atoms with van der Waals surface area (Å²) >= 11 is 0. The Morgan fingerprint density at radius 2 is 1.75 bits per heavy atom. The van der Waals surface area contributed by atoms with Gasteiger partial charge in [-0.3, -0.25) is 5.32 Å². The lowest BCUT2D eigenvalue weighted by atomic mass is 9.84. The van der Waals surface area contributed by atoms with Crippen LogP contribution in [-0.4, -0.2) is 35.6 Å². The number of piperidine rings is 1. The Bertz CT molecular complexity index is 967. The summed E-state index contributed by atoms with van der Waals surface area (Å²) in [4.78, 5) is 23.7. The first kappa shape index (κ1) is 22.3. The Labute approximate surface area is 190 Å². The zero-order valence-corrected chi connectivity index (χ0v) is 19.5. The minimum atomic E-state index is -0.464. The van der Waals surface area contributed by atoms with Crippen LogP contribution in [0.1, 0.15) is 63.6 Å². The van der Waals surface area contributed by atoms with Crippen molar-refractivity contribution in [2.24, 2.45) is 5.16 Å². The maximum atomic E-state index is 12.3. The minimum Gasteiger partial charge on any atom is -0.388 e. The van der Waals surface area contributed by atoms with E-state index in [1.807, 2.05) is 24.3 Å². The van der Waals surface area contributed by atoms with E-state index in [1.54, 1.807) is 5.06 Å². The van der Waals surface area contributed by atoms with Gasteiger partial charge in [0, 0.05) is 38.0 Å². The van der Waals surface area contributed by atoms with Gasteiger partial charge in [-0.1, -0.05) is 69.2 Å². The summed E-state index contributed by atoms with van der Waals surface area (Å²) in [6, 6.07) is 16.4. The number of nitrogens with one attached hydrogen (secondary N) is 1. The minimum absolute atomic E-state index is 0.131. The molecule has 1 fully saturated rings. The van der Waals surface area contributed by atoms with Crippen LogP contribution in [0.5, 0.6) is 0 Å². The first-order chi connectivity index (χ1) is 15.3. The summed E-state index contributed by atoms with van der Waals surface area (Å²) < 4.78 is 0. The van der Waals surface area contributed by atoms with Gasteiger partial charge in [0.05, 0.1) is 5.71 Å². The van der Waals surface area contributed by atoms with Crippen molar-refractivity contribution >= 4 is 17.5 Å². The van der Waals surface area contributed by atoms with Gasteiger partial charge in [-0.05, 0) is 40.7 Å². The fraction of sp³-hybridized carbons (Fsp3) is 0.462. The molecule has 6 nitrogen and oxygen atoms in total. The van der Waals surface area contributed by atoms with Gasteiger partial charge in [0.15, 0.2) is 0 Å². The van der Waals surface area contributed by atoms with Gasteiger partial charge in [0.1, 0.15) is 5.60 Å². The van der Waals surface area contributed by atoms with Crippen LogP contribution in [0.3, 0.4) is 0 Å². The highest BCUT2D eigenvalue weighted by atomic mass is 16.7. The van der Waals surface area contributed by atoms with Crippen LogP contribution < -0.4 is 5.32 Å². The molecule has 1 spiro atoms. The number of hydroxylamine groups is 2. The summed E-state index contributed by atoms with van der Waals surface area (Å²) in [5.41, 5.74) is 5.20. The molecule has 32 heavy (non-hydrogen) atoms. The number of hydrogen-bond donors (Lipinski definition) is 1. The molecule has 0 atom stereocenters. The number of carbonyl (C=O) groups excluding carboxylic acids is 1. The molecule has 6 heteroatoms. The normalized spacial score (nSPS) is 18.2. The van der Waals surface area contributed by atoms with Crippen LogP contribution in [0.4, 0.5) is 10.5 Å². The molecule has 1 amide bonds. The summed E-state index contributed by atoms with van der Waals surface area (Å²) in [6.07, 6.45) is 2.81.